The van der Waals surface area contributed by atoms with E-state index >= 15 is 0 Å². The summed E-state index contributed by atoms with van der Waals surface area (Å²) in [4.78, 5) is 8.04. The Balaban J connectivity index is 2.68. The van der Waals surface area contributed by atoms with Crippen LogP contribution in [0.5, 0.6) is 0 Å². The van der Waals surface area contributed by atoms with Crippen molar-refractivity contribution in [2.24, 2.45) is 0 Å². The molecule has 1 aromatic rings. The molecule has 0 spiro atoms. The first-order valence-electron chi connectivity index (χ1n) is 5.13. The van der Waals surface area contributed by atoms with Gasteiger partial charge in [0.15, 0.2) is 0 Å². The van der Waals surface area contributed by atoms with Crippen LogP contribution in [0.3, 0.4) is 0 Å². The molecule has 0 saturated carbocycles. The summed E-state index contributed by atoms with van der Waals surface area (Å²) in [6.07, 6.45) is 0.594. The predicted octanol–water partition coefficient (Wildman–Crippen LogP) is 0.177. The zero-order valence-electron chi connectivity index (χ0n) is 9.60. The molecule has 1 atom stereocenters. The van der Waals surface area contributed by atoms with Gasteiger partial charge in [-0.05, 0) is 13.3 Å². The highest BCUT2D eigenvalue weighted by molar-refractivity contribution is 5.41. The van der Waals surface area contributed by atoms with Gasteiger partial charge in [0.2, 0.25) is 5.95 Å². The number of methoxy groups -OCH3 is 1. The number of ether oxygens (including phenoxy) is 1. The maximum Gasteiger partial charge on any atom is 0.222 e. The van der Waals surface area contributed by atoms with E-state index in [4.69, 9.17) is 15.6 Å². The van der Waals surface area contributed by atoms with E-state index in [1.807, 2.05) is 6.92 Å². The molecule has 0 radical (unpaired) electrons. The summed E-state index contributed by atoms with van der Waals surface area (Å²) in [5, 5.41) is 12.0. The summed E-state index contributed by atoms with van der Waals surface area (Å²) < 4.78 is 5.04. The van der Waals surface area contributed by atoms with Crippen LogP contribution in [0.15, 0.2) is 6.07 Å². The molecule has 90 valence electrons. The van der Waals surface area contributed by atoms with E-state index in [2.05, 4.69) is 15.3 Å². The lowest BCUT2D eigenvalue weighted by Gasteiger charge is -2.17. The molecule has 0 aliphatic rings. The molecule has 0 aromatic carbocycles. The average molecular weight is 226 g/mol. The molecule has 6 heteroatoms. The fraction of sp³-hybridized carbons (Fsp3) is 0.600. The smallest absolute Gasteiger partial charge is 0.222 e. The number of hydrogen-bond donors (Lipinski definition) is 3. The van der Waals surface area contributed by atoms with Crippen molar-refractivity contribution in [1.29, 1.82) is 0 Å². The molecule has 1 aromatic heterocycles. The fourth-order valence-corrected chi connectivity index (χ4v) is 1.43. The van der Waals surface area contributed by atoms with Crippen molar-refractivity contribution in [3.63, 3.8) is 0 Å². The molecule has 0 fully saturated rings. The zero-order valence-corrected chi connectivity index (χ0v) is 9.60. The topological polar surface area (TPSA) is 93.3 Å². The quantitative estimate of drug-likeness (QED) is 0.640. The number of aliphatic hydroxyl groups is 1. The van der Waals surface area contributed by atoms with Gasteiger partial charge < -0.3 is 20.9 Å². The van der Waals surface area contributed by atoms with Crippen molar-refractivity contribution < 1.29 is 9.84 Å². The summed E-state index contributed by atoms with van der Waals surface area (Å²) in [7, 11) is 1.62. The Morgan fingerprint density at radius 1 is 1.56 bits per heavy atom. The lowest BCUT2D eigenvalue weighted by Crippen LogP contribution is -2.26. The SMILES string of the molecule is COCC(CCO)Nc1cc(C)nc(N)n1. The molecule has 1 rings (SSSR count). The number of nitrogen functional groups attached to an aromatic ring is 1. The first-order chi connectivity index (χ1) is 7.65. The maximum atomic E-state index is 8.90. The van der Waals surface area contributed by atoms with Gasteiger partial charge >= 0.3 is 0 Å². The van der Waals surface area contributed by atoms with Gasteiger partial charge in [0, 0.05) is 25.5 Å². The molecule has 1 heterocycles. The number of nitrogens with two attached hydrogens (primary N) is 1. The Hall–Kier alpha value is -1.40. The third-order valence-corrected chi connectivity index (χ3v) is 2.07. The van der Waals surface area contributed by atoms with Crippen molar-refractivity contribution >= 4 is 11.8 Å². The normalized spacial score (nSPS) is 12.4. The number of aliphatic hydroxyl groups excluding tert-OH is 1. The van der Waals surface area contributed by atoms with Crippen molar-refractivity contribution in [3.8, 4) is 0 Å². The van der Waals surface area contributed by atoms with E-state index in [1.165, 1.54) is 0 Å². The molecule has 0 amide bonds. The molecule has 0 bridgehead atoms. The van der Waals surface area contributed by atoms with E-state index < -0.39 is 0 Å². The van der Waals surface area contributed by atoms with Crippen molar-refractivity contribution in [3.05, 3.63) is 11.8 Å². The minimum Gasteiger partial charge on any atom is -0.396 e. The molecule has 6 nitrogen and oxygen atoms in total. The van der Waals surface area contributed by atoms with Gasteiger partial charge in [0.25, 0.3) is 0 Å². The summed E-state index contributed by atoms with van der Waals surface area (Å²) >= 11 is 0. The highest BCUT2D eigenvalue weighted by Gasteiger charge is 2.09. The fourth-order valence-electron chi connectivity index (χ4n) is 1.43. The highest BCUT2D eigenvalue weighted by Crippen LogP contribution is 2.10. The van der Waals surface area contributed by atoms with E-state index in [0.29, 0.717) is 18.8 Å². The molecular formula is C10H18N4O2. The number of nitrogens with one attached hydrogen (secondary N) is 1. The molecule has 4 N–H and O–H groups in total. The van der Waals surface area contributed by atoms with Crippen molar-refractivity contribution in [1.82, 2.24) is 9.97 Å². The minimum atomic E-state index is 0.0173. The third-order valence-electron chi connectivity index (χ3n) is 2.07. The zero-order chi connectivity index (χ0) is 12.0. The molecule has 1 unspecified atom stereocenters. The second kappa shape index (κ2) is 6.24. The number of rotatable bonds is 6. The van der Waals surface area contributed by atoms with Gasteiger partial charge in [-0.25, -0.2) is 4.98 Å². The van der Waals surface area contributed by atoms with Crippen LogP contribution in [0, 0.1) is 6.92 Å². The number of aryl methyl sites for hydroxylation is 1. The second-order valence-corrected chi connectivity index (χ2v) is 3.56. The molecule has 0 aliphatic carbocycles. The van der Waals surface area contributed by atoms with Crippen LogP contribution in [0.2, 0.25) is 0 Å². The maximum absolute atomic E-state index is 8.90. The van der Waals surface area contributed by atoms with Gasteiger partial charge in [0.1, 0.15) is 5.82 Å². The van der Waals surface area contributed by atoms with Crippen LogP contribution in [-0.4, -0.2) is 41.4 Å². The van der Waals surface area contributed by atoms with Crippen LogP contribution < -0.4 is 11.1 Å². The standard InChI is InChI=1S/C10H18N4O2/c1-7-5-9(14-10(11)12-7)13-8(3-4-15)6-16-2/h5,8,15H,3-4,6H2,1-2H3,(H3,11,12,13,14). The van der Waals surface area contributed by atoms with E-state index in [-0.39, 0.29) is 18.6 Å². The van der Waals surface area contributed by atoms with Crippen LogP contribution in [0.1, 0.15) is 12.1 Å². The summed E-state index contributed by atoms with van der Waals surface area (Å²) in [6, 6.07) is 1.82. The average Bonchev–Trinajstić information content (AvgIpc) is 2.16. The van der Waals surface area contributed by atoms with Gasteiger partial charge in [0.05, 0.1) is 12.6 Å². The first kappa shape index (κ1) is 12.7. The molecule has 0 saturated heterocycles. The molecular weight excluding hydrogens is 208 g/mol. The predicted molar refractivity (Wildman–Crippen MR) is 62.2 cm³/mol. The monoisotopic (exact) mass is 226 g/mol. The van der Waals surface area contributed by atoms with Crippen molar-refractivity contribution in [2.45, 2.75) is 19.4 Å². The summed E-state index contributed by atoms with van der Waals surface area (Å²) in [5.74, 6) is 0.892. The van der Waals surface area contributed by atoms with Crippen LogP contribution >= 0.6 is 0 Å². The van der Waals surface area contributed by atoms with Gasteiger partial charge in [-0.1, -0.05) is 0 Å². The van der Waals surface area contributed by atoms with Gasteiger partial charge in [-0.15, -0.1) is 0 Å². The largest absolute Gasteiger partial charge is 0.396 e. The van der Waals surface area contributed by atoms with Crippen LogP contribution in [-0.2, 0) is 4.74 Å². The minimum absolute atomic E-state index is 0.0173. The third kappa shape index (κ3) is 4.00. The summed E-state index contributed by atoms with van der Waals surface area (Å²) in [6.45, 7) is 2.45. The lowest BCUT2D eigenvalue weighted by atomic mass is 10.2. The summed E-state index contributed by atoms with van der Waals surface area (Å²) in [5.41, 5.74) is 6.34. The Bertz CT molecular complexity index is 306. The lowest BCUT2D eigenvalue weighted by molar-refractivity contribution is 0.170. The number of anilines is 2. The van der Waals surface area contributed by atoms with Crippen molar-refractivity contribution in [2.75, 3.05) is 31.4 Å². The van der Waals surface area contributed by atoms with Gasteiger partial charge in [-0.2, -0.15) is 4.98 Å². The van der Waals surface area contributed by atoms with E-state index in [1.54, 1.807) is 13.2 Å². The Kier molecular flexibility index (Phi) is 4.94. The van der Waals surface area contributed by atoms with E-state index in [0.717, 1.165) is 5.69 Å². The number of aromatic nitrogens is 2. The van der Waals surface area contributed by atoms with Gasteiger partial charge in [-0.3, -0.25) is 0 Å². The second-order valence-electron chi connectivity index (χ2n) is 3.56. The number of hydrogen-bond acceptors (Lipinski definition) is 6. The number of nitrogens with zero attached hydrogens (tertiary/aromatic N) is 2. The van der Waals surface area contributed by atoms with E-state index in [9.17, 15) is 0 Å². The molecule has 16 heavy (non-hydrogen) atoms. The molecule has 0 aliphatic heterocycles. The van der Waals surface area contributed by atoms with Crippen LogP contribution in [0.25, 0.3) is 0 Å². The van der Waals surface area contributed by atoms with Crippen LogP contribution in [0.4, 0.5) is 11.8 Å². The Labute approximate surface area is 94.9 Å². The highest BCUT2D eigenvalue weighted by atomic mass is 16.5. The Morgan fingerprint density at radius 2 is 2.31 bits per heavy atom. The Morgan fingerprint density at radius 3 is 2.88 bits per heavy atom. The first-order valence-corrected chi connectivity index (χ1v) is 5.13.